The minimum Gasteiger partial charge on any atom is -0.360 e. The van der Waals surface area contributed by atoms with E-state index in [9.17, 15) is 9.59 Å². The van der Waals surface area contributed by atoms with E-state index in [1.165, 1.54) is 0 Å². The molecule has 4 rings (SSSR count). The molecule has 2 aromatic heterocycles. The highest BCUT2D eigenvalue weighted by molar-refractivity contribution is 7.13. The molecule has 1 aliphatic heterocycles. The monoisotopic (exact) mass is 480 g/mol. The topological polar surface area (TPSA) is 88.3 Å². The largest absolute Gasteiger partial charge is 0.360 e. The van der Waals surface area contributed by atoms with E-state index in [4.69, 9.17) is 4.52 Å². The fourth-order valence-electron chi connectivity index (χ4n) is 4.64. The molecule has 7 nitrogen and oxygen atoms in total. The van der Waals surface area contributed by atoms with Crippen LogP contribution < -0.4 is 5.32 Å². The maximum absolute atomic E-state index is 13.5. The quantitative estimate of drug-likeness (QED) is 0.513. The van der Waals surface area contributed by atoms with Crippen molar-refractivity contribution < 1.29 is 14.1 Å². The standard InChI is InChI=1S/C26H32N4O3S/c1-15(2)23(22-13-16(3)29-33-22)26(32)30-12-6-7-21(30)25(31)28-17(4)19-8-10-20(11-9-19)24-18(5)27-14-34-24/h8-11,13-15,17,21,23H,6-7,12H2,1-5H3,(H,28,31). The van der Waals surface area contributed by atoms with E-state index < -0.39 is 12.0 Å². The van der Waals surface area contributed by atoms with Crippen LogP contribution in [0, 0.1) is 19.8 Å². The zero-order chi connectivity index (χ0) is 24.4. The van der Waals surface area contributed by atoms with Crippen LogP contribution in [0.4, 0.5) is 0 Å². The third-order valence-electron chi connectivity index (χ3n) is 6.50. The van der Waals surface area contributed by atoms with Crippen LogP contribution in [0.3, 0.4) is 0 Å². The van der Waals surface area contributed by atoms with Crippen molar-refractivity contribution in [2.45, 2.75) is 65.5 Å². The molecule has 3 aromatic rings. The predicted octanol–water partition coefficient (Wildman–Crippen LogP) is 5.02. The Morgan fingerprint density at radius 1 is 1.18 bits per heavy atom. The van der Waals surface area contributed by atoms with Crippen LogP contribution in [0.1, 0.15) is 68.3 Å². The second kappa shape index (κ2) is 10.1. The summed E-state index contributed by atoms with van der Waals surface area (Å²) in [5, 5.41) is 7.08. The second-order valence-corrected chi connectivity index (χ2v) is 10.3. The van der Waals surface area contributed by atoms with E-state index in [0.717, 1.165) is 33.8 Å². The fraction of sp³-hybridized carbons (Fsp3) is 0.462. The Morgan fingerprint density at radius 3 is 2.50 bits per heavy atom. The minimum absolute atomic E-state index is 0.0313. The fourth-order valence-corrected chi connectivity index (χ4v) is 5.45. The van der Waals surface area contributed by atoms with Gasteiger partial charge in [0.25, 0.3) is 0 Å². The van der Waals surface area contributed by atoms with Gasteiger partial charge in [-0.1, -0.05) is 43.3 Å². The summed E-state index contributed by atoms with van der Waals surface area (Å²) in [6.07, 6.45) is 1.47. The molecule has 1 aliphatic rings. The summed E-state index contributed by atoms with van der Waals surface area (Å²) in [6, 6.07) is 9.38. The number of aryl methyl sites for hydroxylation is 2. The lowest BCUT2D eigenvalue weighted by molar-refractivity contribution is -0.141. The van der Waals surface area contributed by atoms with Gasteiger partial charge in [0.05, 0.1) is 27.8 Å². The highest BCUT2D eigenvalue weighted by atomic mass is 32.1. The van der Waals surface area contributed by atoms with Crippen molar-refractivity contribution in [1.29, 1.82) is 0 Å². The number of rotatable bonds is 7. The van der Waals surface area contributed by atoms with Crippen molar-refractivity contribution in [2.75, 3.05) is 6.54 Å². The molecule has 34 heavy (non-hydrogen) atoms. The number of aromatic nitrogens is 2. The first-order valence-corrected chi connectivity index (χ1v) is 12.7. The number of amides is 2. The van der Waals surface area contributed by atoms with Crippen LogP contribution in [0.2, 0.25) is 0 Å². The van der Waals surface area contributed by atoms with Gasteiger partial charge in [0.1, 0.15) is 17.7 Å². The van der Waals surface area contributed by atoms with Crippen LogP contribution in [0.25, 0.3) is 10.4 Å². The summed E-state index contributed by atoms with van der Waals surface area (Å²) in [5.41, 5.74) is 5.76. The molecule has 8 heteroatoms. The molecule has 0 saturated carbocycles. The normalized spacial score (nSPS) is 17.7. The number of hydrogen-bond acceptors (Lipinski definition) is 6. The van der Waals surface area contributed by atoms with Crippen molar-refractivity contribution in [3.63, 3.8) is 0 Å². The predicted molar refractivity (Wildman–Crippen MR) is 132 cm³/mol. The highest BCUT2D eigenvalue weighted by Crippen LogP contribution is 2.32. The summed E-state index contributed by atoms with van der Waals surface area (Å²) in [6.45, 7) is 10.4. The Labute approximate surface area is 204 Å². The molecule has 2 amide bonds. The van der Waals surface area contributed by atoms with Crippen molar-refractivity contribution in [2.24, 2.45) is 5.92 Å². The smallest absolute Gasteiger partial charge is 0.243 e. The molecule has 1 aromatic carbocycles. The van der Waals surface area contributed by atoms with Crippen molar-refractivity contribution >= 4 is 23.2 Å². The summed E-state index contributed by atoms with van der Waals surface area (Å²) >= 11 is 1.62. The zero-order valence-electron chi connectivity index (χ0n) is 20.4. The molecule has 3 atom stereocenters. The van der Waals surface area contributed by atoms with Gasteiger partial charge in [-0.2, -0.15) is 0 Å². The third-order valence-corrected chi connectivity index (χ3v) is 7.48. The summed E-state index contributed by atoms with van der Waals surface area (Å²) < 4.78 is 5.43. The molecule has 0 spiro atoms. The van der Waals surface area contributed by atoms with E-state index in [2.05, 4.69) is 27.6 Å². The first kappa shape index (κ1) is 24.1. The van der Waals surface area contributed by atoms with Gasteiger partial charge >= 0.3 is 0 Å². The van der Waals surface area contributed by atoms with Crippen LogP contribution >= 0.6 is 11.3 Å². The van der Waals surface area contributed by atoms with Crippen LogP contribution in [-0.2, 0) is 9.59 Å². The third kappa shape index (κ3) is 4.92. The lowest BCUT2D eigenvalue weighted by Gasteiger charge is -2.29. The summed E-state index contributed by atoms with van der Waals surface area (Å²) in [5.74, 6) is -0.0375. The van der Waals surface area contributed by atoms with E-state index in [1.807, 2.05) is 58.3 Å². The second-order valence-electron chi connectivity index (χ2n) is 9.40. The molecule has 1 fully saturated rings. The molecule has 1 saturated heterocycles. The van der Waals surface area contributed by atoms with Crippen molar-refractivity contribution in [1.82, 2.24) is 20.4 Å². The lowest BCUT2D eigenvalue weighted by atomic mass is 9.91. The molecule has 1 N–H and O–H groups in total. The van der Waals surface area contributed by atoms with Crippen molar-refractivity contribution in [3.05, 3.63) is 58.6 Å². The number of carbonyl (C=O) groups excluding carboxylic acids is 2. The molecule has 0 aliphatic carbocycles. The molecule has 0 radical (unpaired) electrons. The van der Waals surface area contributed by atoms with Gasteiger partial charge in [0, 0.05) is 12.6 Å². The van der Waals surface area contributed by atoms with Gasteiger partial charge in [0.2, 0.25) is 11.8 Å². The molecular weight excluding hydrogens is 448 g/mol. The van der Waals surface area contributed by atoms with Gasteiger partial charge in [0.15, 0.2) is 0 Å². The van der Waals surface area contributed by atoms with Gasteiger partial charge in [-0.25, -0.2) is 4.98 Å². The Kier molecular flexibility index (Phi) is 7.16. The Bertz CT molecular complexity index is 1150. The van der Waals surface area contributed by atoms with E-state index in [-0.39, 0.29) is 23.8 Å². The SMILES string of the molecule is Cc1cc(C(C(=O)N2CCCC2C(=O)NC(C)c2ccc(-c3scnc3C)cc2)C(C)C)on1. The molecule has 3 heterocycles. The first-order valence-electron chi connectivity index (χ1n) is 11.8. The number of benzene rings is 1. The van der Waals surface area contributed by atoms with E-state index in [0.29, 0.717) is 18.7 Å². The Morgan fingerprint density at radius 2 is 1.91 bits per heavy atom. The van der Waals surface area contributed by atoms with Crippen LogP contribution in [-0.4, -0.2) is 39.4 Å². The first-order chi connectivity index (χ1) is 16.3. The average Bonchev–Trinajstić information content (AvgIpc) is 3.55. The highest BCUT2D eigenvalue weighted by Gasteiger charge is 2.40. The molecule has 0 bridgehead atoms. The average molecular weight is 481 g/mol. The van der Waals surface area contributed by atoms with E-state index >= 15 is 0 Å². The number of likely N-dealkylation sites (tertiary alicyclic amines) is 1. The molecular formula is C26H32N4O3S. The Hall–Kier alpha value is -3.00. The van der Waals surface area contributed by atoms with Gasteiger partial charge < -0.3 is 14.7 Å². The zero-order valence-corrected chi connectivity index (χ0v) is 21.2. The lowest BCUT2D eigenvalue weighted by Crippen LogP contribution is -2.48. The maximum Gasteiger partial charge on any atom is 0.243 e. The molecule has 3 unspecified atom stereocenters. The summed E-state index contributed by atoms with van der Waals surface area (Å²) in [4.78, 5) is 33.9. The number of carbonyl (C=O) groups is 2. The maximum atomic E-state index is 13.5. The number of nitrogens with zero attached hydrogens (tertiary/aromatic N) is 3. The van der Waals surface area contributed by atoms with Gasteiger partial charge in [-0.15, -0.1) is 11.3 Å². The number of hydrogen-bond donors (Lipinski definition) is 1. The van der Waals surface area contributed by atoms with Crippen molar-refractivity contribution in [3.8, 4) is 10.4 Å². The minimum atomic E-state index is -0.473. The van der Waals surface area contributed by atoms with E-state index in [1.54, 1.807) is 16.2 Å². The molecule has 180 valence electrons. The van der Waals surface area contributed by atoms with Gasteiger partial charge in [-0.05, 0) is 50.7 Å². The number of thiazole rings is 1. The van der Waals surface area contributed by atoms with Crippen LogP contribution in [0.15, 0.2) is 40.4 Å². The summed E-state index contributed by atoms with van der Waals surface area (Å²) in [7, 11) is 0. The number of nitrogens with one attached hydrogen (secondary N) is 1. The van der Waals surface area contributed by atoms with Gasteiger partial charge in [-0.3, -0.25) is 9.59 Å². The van der Waals surface area contributed by atoms with Crippen LogP contribution in [0.5, 0.6) is 0 Å². The Balaban J connectivity index is 1.44.